The molecule has 0 aliphatic carbocycles. The van der Waals surface area contributed by atoms with Crippen molar-refractivity contribution in [2.45, 2.75) is 6.54 Å². The van der Waals surface area contributed by atoms with Crippen LogP contribution in [0.25, 0.3) is 11.4 Å². The molecule has 1 aromatic carbocycles. The molecule has 2 N–H and O–H groups in total. The van der Waals surface area contributed by atoms with Crippen molar-refractivity contribution in [1.29, 1.82) is 0 Å². The van der Waals surface area contributed by atoms with E-state index in [-0.39, 0.29) is 0 Å². The van der Waals surface area contributed by atoms with Crippen molar-refractivity contribution in [2.24, 2.45) is 5.73 Å². The van der Waals surface area contributed by atoms with Gasteiger partial charge >= 0.3 is 0 Å². The second kappa shape index (κ2) is 4.47. The smallest absolute Gasteiger partial charge is 0.141 e. The summed E-state index contributed by atoms with van der Waals surface area (Å²) in [6, 6.07) is 9.94. The van der Waals surface area contributed by atoms with Gasteiger partial charge < -0.3 is 10.3 Å². The van der Waals surface area contributed by atoms with E-state index in [1.54, 1.807) is 6.20 Å². The van der Waals surface area contributed by atoms with Crippen LogP contribution < -0.4 is 5.73 Å². The monoisotopic (exact) mass is 221 g/mol. The SMILES string of the molecule is NCCn1c(Cl)cnc1-c1ccccc1. The van der Waals surface area contributed by atoms with Crippen molar-refractivity contribution in [3.8, 4) is 11.4 Å². The van der Waals surface area contributed by atoms with Gasteiger partial charge in [0.15, 0.2) is 0 Å². The van der Waals surface area contributed by atoms with Gasteiger partial charge in [0.05, 0.1) is 6.20 Å². The highest BCUT2D eigenvalue weighted by Crippen LogP contribution is 2.21. The molecular weight excluding hydrogens is 210 g/mol. The van der Waals surface area contributed by atoms with Crippen LogP contribution in [0, 0.1) is 0 Å². The maximum Gasteiger partial charge on any atom is 0.141 e. The minimum Gasteiger partial charge on any atom is -0.329 e. The Kier molecular flexibility index (Phi) is 3.04. The molecule has 15 heavy (non-hydrogen) atoms. The molecule has 78 valence electrons. The van der Waals surface area contributed by atoms with Crippen molar-refractivity contribution < 1.29 is 0 Å². The molecule has 0 amide bonds. The number of aromatic nitrogens is 2. The Morgan fingerprint density at radius 3 is 2.67 bits per heavy atom. The van der Waals surface area contributed by atoms with E-state index in [1.165, 1.54) is 0 Å². The number of nitrogens with zero attached hydrogens (tertiary/aromatic N) is 2. The van der Waals surface area contributed by atoms with Gasteiger partial charge in [-0.15, -0.1) is 0 Å². The Morgan fingerprint density at radius 2 is 2.00 bits per heavy atom. The van der Waals surface area contributed by atoms with Crippen LogP contribution in [0.4, 0.5) is 0 Å². The lowest BCUT2D eigenvalue weighted by molar-refractivity contribution is 0.716. The highest BCUT2D eigenvalue weighted by atomic mass is 35.5. The topological polar surface area (TPSA) is 43.8 Å². The molecule has 0 aliphatic rings. The number of imidazole rings is 1. The van der Waals surface area contributed by atoms with Gasteiger partial charge in [-0.2, -0.15) is 0 Å². The zero-order chi connectivity index (χ0) is 10.7. The molecule has 0 radical (unpaired) electrons. The predicted molar refractivity (Wildman–Crippen MR) is 61.7 cm³/mol. The molecule has 1 aromatic heterocycles. The molecule has 2 aromatic rings. The highest BCUT2D eigenvalue weighted by Gasteiger charge is 2.08. The van der Waals surface area contributed by atoms with Crippen molar-refractivity contribution in [3.05, 3.63) is 41.7 Å². The Bertz CT molecular complexity index is 436. The number of rotatable bonds is 3. The fraction of sp³-hybridized carbons (Fsp3) is 0.182. The van der Waals surface area contributed by atoms with Crippen LogP contribution in [0.15, 0.2) is 36.5 Å². The maximum atomic E-state index is 6.02. The number of hydrogen-bond acceptors (Lipinski definition) is 2. The first-order valence-corrected chi connectivity index (χ1v) is 5.17. The quantitative estimate of drug-likeness (QED) is 0.863. The standard InChI is InChI=1S/C11H12ClN3/c12-10-8-14-11(15(10)7-6-13)9-4-2-1-3-5-9/h1-5,8H,6-7,13H2. The van der Waals surface area contributed by atoms with Gasteiger partial charge in [-0.25, -0.2) is 4.98 Å². The molecule has 4 heteroatoms. The second-order valence-corrected chi connectivity index (χ2v) is 3.60. The second-order valence-electron chi connectivity index (χ2n) is 3.21. The molecule has 1 heterocycles. The van der Waals surface area contributed by atoms with Gasteiger partial charge in [0.2, 0.25) is 0 Å². The average molecular weight is 222 g/mol. The van der Waals surface area contributed by atoms with Crippen LogP contribution in [-0.4, -0.2) is 16.1 Å². The lowest BCUT2D eigenvalue weighted by atomic mass is 10.2. The summed E-state index contributed by atoms with van der Waals surface area (Å²) in [5.74, 6) is 0.867. The van der Waals surface area contributed by atoms with Crippen molar-refractivity contribution in [3.63, 3.8) is 0 Å². The van der Waals surface area contributed by atoms with Gasteiger partial charge in [-0.3, -0.25) is 0 Å². The summed E-state index contributed by atoms with van der Waals surface area (Å²) in [5.41, 5.74) is 6.58. The number of hydrogen-bond donors (Lipinski definition) is 1. The van der Waals surface area contributed by atoms with Crippen molar-refractivity contribution >= 4 is 11.6 Å². The zero-order valence-electron chi connectivity index (χ0n) is 8.23. The van der Waals surface area contributed by atoms with Crippen LogP contribution in [0.5, 0.6) is 0 Å². The van der Waals surface area contributed by atoms with Gasteiger partial charge in [-0.1, -0.05) is 41.9 Å². The van der Waals surface area contributed by atoms with Crippen LogP contribution in [0.3, 0.4) is 0 Å². The summed E-state index contributed by atoms with van der Waals surface area (Å²) in [7, 11) is 0. The predicted octanol–water partition coefficient (Wildman–Crippen LogP) is 2.16. The molecule has 0 fully saturated rings. The Balaban J connectivity index is 2.44. The highest BCUT2D eigenvalue weighted by molar-refractivity contribution is 6.29. The van der Waals surface area contributed by atoms with Crippen LogP contribution >= 0.6 is 11.6 Å². The zero-order valence-corrected chi connectivity index (χ0v) is 8.98. The first kappa shape index (κ1) is 10.2. The van der Waals surface area contributed by atoms with E-state index in [9.17, 15) is 0 Å². The molecule has 0 saturated heterocycles. The minimum atomic E-state index is 0.552. The fourth-order valence-electron chi connectivity index (χ4n) is 1.51. The summed E-state index contributed by atoms with van der Waals surface area (Å²) in [6.45, 7) is 1.24. The average Bonchev–Trinajstić information content (AvgIpc) is 2.63. The molecular formula is C11H12ClN3. The van der Waals surface area contributed by atoms with Crippen LogP contribution in [-0.2, 0) is 6.54 Å². The van der Waals surface area contributed by atoms with Crippen LogP contribution in [0.1, 0.15) is 0 Å². The van der Waals surface area contributed by atoms with E-state index in [2.05, 4.69) is 4.98 Å². The van der Waals surface area contributed by atoms with E-state index in [4.69, 9.17) is 17.3 Å². The molecule has 0 aliphatic heterocycles. The Morgan fingerprint density at radius 1 is 1.27 bits per heavy atom. The van der Waals surface area contributed by atoms with Gasteiger partial charge in [0.1, 0.15) is 11.0 Å². The fourth-order valence-corrected chi connectivity index (χ4v) is 1.73. The van der Waals surface area contributed by atoms with Gasteiger partial charge in [0, 0.05) is 18.7 Å². The summed E-state index contributed by atoms with van der Waals surface area (Å²) in [6.07, 6.45) is 1.65. The van der Waals surface area contributed by atoms with E-state index < -0.39 is 0 Å². The molecule has 0 unspecified atom stereocenters. The number of benzene rings is 1. The molecule has 2 rings (SSSR count). The summed E-state index contributed by atoms with van der Waals surface area (Å²) >= 11 is 6.02. The third-order valence-corrected chi connectivity index (χ3v) is 2.49. The summed E-state index contributed by atoms with van der Waals surface area (Å²) in [4.78, 5) is 4.28. The lowest BCUT2D eigenvalue weighted by Crippen LogP contribution is -2.11. The van der Waals surface area contributed by atoms with Crippen molar-refractivity contribution in [2.75, 3.05) is 6.54 Å². The normalized spacial score (nSPS) is 10.5. The van der Waals surface area contributed by atoms with Gasteiger partial charge in [-0.05, 0) is 0 Å². The summed E-state index contributed by atoms with van der Waals surface area (Å²) < 4.78 is 1.91. The summed E-state index contributed by atoms with van der Waals surface area (Å²) in [5, 5.41) is 0.624. The van der Waals surface area contributed by atoms with E-state index in [0.29, 0.717) is 18.2 Å². The molecule has 0 bridgehead atoms. The lowest BCUT2D eigenvalue weighted by Gasteiger charge is -2.07. The van der Waals surface area contributed by atoms with Crippen molar-refractivity contribution in [1.82, 2.24) is 9.55 Å². The first-order chi connectivity index (χ1) is 7.33. The minimum absolute atomic E-state index is 0.552. The first-order valence-electron chi connectivity index (χ1n) is 4.79. The Hall–Kier alpha value is -1.32. The third kappa shape index (κ3) is 2.03. The van der Waals surface area contributed by atoms with Crippen LogP contribution in [0.2, 0.25) is 5.15 Å². The Labute approximate surface area is 93.5 Å². The van der Waals surface area contributed by atoms with E-state index in [0.717, 1.165) is 11.4 Å². The maximum absolute atomic E-state index is 6.02. The third-order valence-electron chi connectivity index (χ3n) is 2.19. The molecule has 0 spiro atoms. The molecule has 3 nitrogen and oxygen atoms in total. The molecule has 0 saturated carbocycles. The molecule has 0 atom stereocenters. The van der Waals surface area contributed by atoms with E-state index >= 15 is 0 Å². The number of nitrogens with two attached hydrogens (primary N) is 1. The largest absolute Gasteiger partial charge is 0.329 e. The number of halogens is 1. The van der Waals surface area contributed by atoms with E-state index in [1.807, 2.05) is 34.9 Å². The van der Waals surface area contributed by atoms with Gasteiger partial charge in [0.25, 0.3) is 0 Å².